The highest BCUT2D eigenvalue weighted by molar-refractivity contribution is 5.78. The van der Waals surface area contributed by atoms with Crippen LogP contribution in [0.3, 0.4) is 0 Å². The fourth-order valence-electron chi connectivity index (χ4n) is 1.09. The molecule has 0 radical (unpaired) electrons. The van der Waals surface area contributed by atoms with Crippen LogP contribution in [-0.2, 0) is 6.54 Å². The Hall–Kier alpha value is -2.11. The Morgan fingerprint density at radius 1 is 1.71 bits per heavy atom. The van der Waals surface area contributed by atoms with Gasteiger partial charge in [0, 0.05) is 12.7 Å². The van der Waals surface area contributed by atoms with E-state index in [1.54, 1.807) is 6.92 Å². The van der Waals surface area contributed by atoms with Gasteiger partial charge in [-0.25, -0.2) is 9.98 Å². The third-order valence-electron chi connectivity index (χ3n) is 1.99. The molecule has 17 heavy (non-hydrogen) atoms. The minimum absolute atomic E-state index is 0.186. The van der Waals surface area contributed by atoms with Crippen molar-refractivity contribution in [3.63, 3.8) is 0 Å². The molecule has 0 atom stereocenters. The van der Waals surface area contributed by atoms with Crippen molar-refractivity contribution in [2.24, 2.45) is 10.7 Å². The number of aromatic nitrogens is 2. The van der Waals surface area contributed by atoms with Gasteiger partial charge in [-0.2, -0.15) is 0 Å². The number of hydrogen-bond donors (Lipinski definition) is 3. The first-order valence-electron chi connectivity index (χ1n) is 5.22. The van der Waals surface area contributed by atoms with Crippen molar-refractivity contribution in [1.29, 1.82) is 0 Å². The van der Waals surface area contributed by atoms with Crippen molar-refractivity contribution in [2.75, 3.05) is 6.54 Å². The predicted octanol–water partition coefficient (Wildman–Crippen LogP) is 0.0587. The molecule has 0 bridgehead atoms. The van der Waals surface area contributed by atoms with Crippen molar-refractivity contribution in [3.8, 4) is 0 Å². The van der Waals surface area contributed by atoms with Crippen LogP contribution < -0.4 is 16.6 Å². The summed E-state index contributed by atoms with van der Waals surface area (Å²) in [6.07, 6.45) is 1.50. The summed E-state index contributed by atoms with van der Waals surface area (Å²) in [4.78, 5) is 22.1. The van der Waals surface area contributed by atoms with Gasteiger partial charge in [0.1, 0.15) is 5.82 Å². The molecule has 1 aromatic heterocycles. The first-order chi connectivity index (χ1) is 7.99. The van der Waals surface area contributed by atoms with Gasteiger partial charge in [0.2, 0.25) is 0 Å². The number of nitrogens with two attached hydrogens (primary N) is 1. The van der Waals surface area contributed by atoms with E-state index in [9.17, 15) is 4.79 Å². The highest BCUT2D eigenvalue weighted by atomic mass is 16.1. The van der Waals surface area contributed by atoms with E-state index in [1.807, 2.05) is 6.92 Å². The van der Waals surface area contributed by atoms with Gasteiger partial charge in [0.25, 0.3) is 5.56 Å². The lowest BCUT2D eigenvalue weighted by molar-refractivity contribution is 0.907. The molecule has 0 unspecified atom stereocenters. The number of nitrogens with one attached hydrogen (secondary N) is 2. The van der Waals surface area contributed by atoms with Gasteiger partial charge < -0.3 is 16.0 Å². The number of aromatic amines is 1. The number of guanidine groups is 1. The number of hydrogen-bond acceptors (Lipinski definition) is 3. The van der Waals surface area contributed by atoms with Gasteiger partial charge >= 0.3 is 0 Å². The summed E-state index contributed by atoms with van der Waals surface area (Å²) < 4.78 is 0. The zero-order valence-electron chi connectivity index (χ0n) is 10.1. The third-order valence-corrected chi connectivity index (χ3v) is 1.99. The van der Waals surface area contributed by atoms with E-state index in [1.165, 1.54) is 6.20 Å². The molecule has 1 aromatic rings. The summed E-state index contributed by atoms with van der Waals surface area (Å²) in [6.45, 7) is 8.11. The second kappa shape index (κ2) is 5.83. The highest BCUT2D eigenvalue weighted by Crippen LogP contribution is 1.91. The summed E-state index contributed by atoms with van der Waals surface area (Å²) in [5.41, 5.74) is 6.87. The Morgan fingerprint density at radius 3 is 3.00 bits per heavy atom. The van der Waals surface area contributed by atoms with Crippen LogP contribution in [0.5, 0.6) is 0 Å². The number of aliphatic imine (C=N–C) groups is 1. The van der Waals surface area contributed by atoms with Crippen molar-refractivity contribution in [2.45, 2.75) is 20.4 Å². The molecular weight excluding hydrogens is 218 g/mol. The Morgan fingerprint density at radius 2 is 2.41 bits per heavy atom. The van der Waals surface area contributed by atoms with Crippen LogP contribution >= 0.6 is 0 Å². The standard InChI is InChI=1S/C11H17N5O/c1-7(2)4-14-11(12)15-6-9-5-13-8(3)16-10(9)17/h5H,1,4,6H2,2-3H3,(H3,12,14,15)(H,13,16,17). The first kappa shape index (κ1) is 13.0. The largest absolute Gasteiger partial charge is 0.370 e. The van der Waals surface area contributed by atoms with Crippen LogP contribution in [0, 0.1) is 6.92 Å². The molecule has 0 aliphatic heterocycles. The van der Waals surface area contributed by atoms with E-state index in [0.29, 0.717) is 17.9 Å². The maximum atomic E-state index is 11.5. The van der Waals surface area contributed by atoms with E-state index in [2.05, 4.69) is 26.9 Å². The zero-order chi connectivity index (χ0) is 12.8. The molecule has 0 amide bonds. The quantitative estimate of drug-likeness (QED) is 0.390. The fraction of sp³-hybridized carbons (Fsp3) is 0.364. The molecule has 0 saturated heterocycles. The van der Waals surface area contributed by atoms with Gasteiger partial charge in [-0.1, -0.05) is 12.2 Å². The van der Waals surface area contributed by atoms with Crippen molar-refractivity contribution < 1.29 is 0 Å². The number of H-pyrrole nitrogens is 1. The Labute approximate surface area is 99.7 Å². The second-order valence-corrected chi connectivity index (χ2v) is 3.84. The van der Waals surface area contributed by atoms with Gasteiger partial charge in [-0.3, -0.25) is 4.79 Å². The molecule has 0 fully saturated rings. The van der Waals surface area contributed by atoms with Crippen LogP contribution in [0.1, 0.15) is 18.3 Å². The smallest absolute Gasteiger partial charge is 0.255 e. The predicted molar refractivity (Wildman–Crippen MR) is 67.7 cm³/mol. The van der Waals surface area contributed by atoms with Crippen LogP contribution in [0.2, 0.25) is 0 Å². The normalized spacial score (nSPS) is 11.3. The Kier molecular flexibility index (Phi) is 4.45. The van der Waals surface area contributed by atoms with Crippen molar-refractivity contribution in [1.82, 2.24) is 15.3 Å². The van der Waals surface area contributed by atoms with Crippen LogP contribution in [0.15, 0.2) is 28.1 Å². The molecule has 92 valence electrons. The molecule has 1 heterocycles. The maximum absolute atomic E-state index is 11.5. The maximum Gasteiger partial charge on any atom is 0.255 e. The minimum atomic E-state index is -0.186. The first-order valence-corrected chi connectivity index (χ1v) is 5.22. The molecule has 0 spiro atoms. The van der Waals surface area contributed by atoms with Crippen LogP contribution in [0.25, 0.3) is 0 Å². The Bertz CT molecular complexity index is 489. The average molecular weight is 235 g/mol. The Balaban J connectivity index is 2.63. The van der Waals surface area contributed by atoms with E-state index >= 15 is 0 Å². The van der Waals surface area contributed by atoms with E-state index in [-0.39, 0.29) is 18.1 Å². The minimum Gasteiger partial charge on any atom is -0.370 e. The molecular formula is C11H17N5O. The third kappa shape index (κ3) is 4.50. The average Bonchev–Trinajstić information content (AvgIpc) is 2.25. The zero-order valence-corrected chi connectivity index (χ0v) is 10.1. The van der Waals surface area contributed by atoms with Crippen molar-refractivity contribution in [3.05, 3.63) is 40.1 Å². The summed E-state index contributed by atoms with van der Waals surface area (Å²) in [6, 6.07) is 0. The summed E-state index contributed by atoms with van der Waals surface area (Å²) >= 11 is 0. The van der Waals surface area contributed by atoms with Gasteiger partial charge in [-0.05, 0) is 13.8 Å². The van der Waals surface area contributed by atoms with Gasteiger partial charge in [0.15, 0.2) is 5.96 Å². The lowest BCUT2D eigenvalue weighted by atomic mass is 10.3. The van der Waals surface area contributed by atoms with Gasteiger partial charge in [-0.15, -0.1) is 0 Å². The molecule has 6 heteroatoms. The summed E-state index contributed by atoms with van der Waals surface area (Å²) in [5, 5.41) is 2.88. The molecule has 0 aliphatic rings. The topological polar surface area (TPSA) is 96.2 Å². The fourth-order valence-corrected chi connectivity index (χ4v) is 1.09. The number of aryl methyl sites for hydroxylation is 1. The number of rotatable bonds is 4. The second-order valence-electron chi connectivity index (χ2n) is 3.84. The molecule has 4 N–H and O–H groups in total. The van der Waals surface area contributed by atoms with Crippen molar-refractivity contribution >= 4 is 5.96 Å². The lowest BCUT2D eigenvalue weighted by Gasteiger charge is -2.04. The molecule has 0 saturated carbocycles. The molecule has 0 aliphatic carbocycles. The highest BCUT2D eigenvalue weighted by Gasteiger charge is 1.99. The van der Waals surface area contributed by atoms with E-state index in [4.69, 9.17) is 5.73 Å². The number of nitrogens with zero attached hydrogens (tertiary/aromatic N) is 2. The monoisotopic (exact) mass is 235 g/mol. The summed E-state index contributed by atoms with van der Waals surface area (Å²) in [5.74, 6) is 0.865. The molecule has 1 rings (SSSR count). The SMILES string of the molecule is C=C(C)CNC(N)=NCc1cnc(C)[nH]c1=O. The van der Waals surface area contributed by atoms with E-state index < -0.39 is 0 Å². The van der Waals surface area contributed by atoms with Crippen LogP contribution in [0.4, 0.5) is 0 Å². The van der Waals surface area contributed by atoms with E-state index in [0.717, 1.165) is 5.57 Å². The van der Waals surface area contributed by atoms with Gasteiger partial charge in [0.05, 0.1) is 12.1 Å². The molecule has 0 aromatic carbocycles. The molecule has 6 nitrogen and oxygen atoms in total. The summed E-state index contributed by atoms with van der Waals surface area (Å²) in [7, 11) is 0. The lowest BCUT2D eigenvalue weighted by Crippen LogP contribution is -2.33. The van der Waals surface area contributed by atoms with Crippen LogP contribution in [-0.4, -0.2) is 22.5 Å².